The largest absolute Gasteiger partial charge is 0.494 e. The van der Waals surface area contributed by atoms with Crippen LogP contribution in [0.5, 0.6) is 5.75 Å². The molecule has 2 aromatic carbocycles. The van der Waals surface area contributed by atoms with E-state index in [1.54, 1.807) is 17.2 Å². The van der Waals surface area contributed by atoms with Crippen molar-refractivity contribution in [2.24, 2.45) is 0 Å². The molecular formula is C31H36ClN5O4. The molecule has 0 spiro atoms. The maximum absolute atomic E-state index is 13.3. The number of carbonyl (C=O) groups is 2. The lowest BCUT2D eigenvalue weighted by Gasteiger charge is -2.28. The second-order valence-corrected chi connectivity index (χ2v) is 11.4. The molecule has 3 heterocycles. The normalized spacial score (nSPS) is 15.5. The first-order valence-electron chi connectivity index (χ1n) is 14.1. The summed E-state index contributed by atoms with van der Waals surface area (Å²) in [6, 6.07) is 13.6. The van der Waals surface area contributed by atoms with Gasteiger partial charge in [-0.3, -0.25) is 9.59 Å². The molecule has 216 valence electrons. The molecule has 0 aliphatic carbocycles. The molecule has 1 aromatic heterocycles. The van der Waals surface area contributed by atoms with Crippen LogP contribution in [0, 0.1) is 0 Å². The zero-order valence-electron chi connectivity index (χ0n) is 23.7. The summed E-state index contributed by atoms with van der Waals surface area (Å²) in [6.45, 7) is 8.33. The van der Waals surface area contributed by atoms with Crippen molar-refractivity contribution in [2.45, 2.75) is 58.2 Å². The number of carbonyl (C=O) groups excluding carboxylic acids is 2. The first-order valence-corrected chi connectivity index (χ1v) is 14.4. The predicted octanol–water partition coefficient (Wildman–Crippen LogP) is 5.18. The van der Waals surface area contributed by atoms with Gasteiger partial charge in [0.05, 0.1) is 29.1 Å². The summed E-state index contributed by atoms with van der Waals surface area (Å²) < 4.78 is 11.1. The summed E-state index contributed by atoms with van der Waals surface area (Å²) in [6.07, 6.45) is 4.28. The second-order valence-electron chi connectivity index (χ2n) is 11.0. The van der Waals surface area contributed by atoms with Gasteiger partial charge >= 0.3 is 0 Å². The molecular weight excluding hydrogens is 542 g/mol. The molecule has 0 radical (unpaired) electrons. The fourth-order valence-corrected chi connectivity index (χ4v) is 5.32. The van der Waals surface area contributed by atoms with Crippen LogP contribution in [0.1, 0.15) is 61.5 Å². The Morgan fingerprint density at radius 2 is 1.93 bits per heavy atom. The van der Waals surface area contributed by atoms with Crippen LogP contribution in [-0.4, -0.2) is 59.1 Å². The molecule has 41 heavy (non-hydrogen) atoms. The van der Waals surface area contributed by atoms with E-state index in [4.69, 9.17) is 21.1 Å². The summed E-state index contributed by atoms with van der Waals surface area (Å²) in [4.78, 5) is 36.9. The van der Waals surface area contributed by atoms with Crippen molar-refractivity contribution in [1.82, 2.24) is 20.2 Å². The van der Waals surface area contributed by atoms with E-state index >= 15 is 0 Å². The van der Waals surface area contributed by atoms with E-state index in [9.17, 15) is 9.59 Å². The number of anilines is 1. The Kier molecular flexibility index (Phi) is 8.75. The highest BCUT2D eigenvalue weighted by molar-refractivity contribution is 6.33. The van der Waals surface area contributed by atoms with Crippen LogP contribution < -0.4 is 15.4 Å². The number of fused-ring (bicyclic) bond motifs is 1. The van der Waals surface area contributed by atoms with Gasteiger partial charge in [0, 0.05) is 36.9 Å². The molecule has 0 unspecified atom stereocenters. The van der Waals surface area contributed by atoms with Crippen molar-refractivity contribution >= 4 is 29.4 Å². The summed E-state index contributed by atoms with van der Waals surface area (Å²) in [5.41, 5.74) is 3.01. The van der Waals surface area contributed by atoms with Crippen LogP contribution in [-0.2, 0) is 21.6 Å². The average Bonchev–Trinajstić information content (AvgIpc) is 3.27. The van der Waals surface area contributed by atoms with E-state index in [-0.39, 0.29) is 24.4 Å². The monoisotopic (exact) mass is 577 g/mol. The third kappa shape index (κ3) is 6.80. The highest BCUT2D eigenvalue weighted by atomic mass is 35.5. The fraction of sp³-hybridized carbons (Fsp3) is 0.419. The Balaban J connectivity index is 1.24. The minimum Gasteiger partial charge on any atom is -0.494 e. The van der Waals surface area contributed by atoms with Gasteiger partial charge in [0.2, 0.25) is 11.9 Å². The third-order valence-electron chi connectivity index (χ3n) is 7.40. The van der Waals surface area contributed by atoms with E-state index < -0.39 is 5.54 Å². The van der Waals surface area contributed by atoms with Crippen LogP contribution >= 0.6 is 11.6 Å². The first kappa shape index (κ1) is 28.8. The standard InChI is InChI=1S/C31H36ClN5O4/c1-4-13-41-24-9-7-22(8-10-24)31(2,3)36-27(38)19-37-18-21-6-5-20(16-25(21)29(37)39)28-26(32)17-33-30(35-28)34-23-11-14-40-15-12-23/h5-10,16-17,23H,4,11-15,18-19H2,1-3H3,(H,36,38)(H,33,34,35). The Morgan fingerprint density at radius 1 is 1.17 bits per heavy atom. The minimum atomic E-state index is -0.622. The summed E-state index contributed by atoms with van der Waals surface area (Å²) >= 11 is 6.47. The molecule has 2 aliphatic rings. The van der Waals surface area contributed by atoms with Crippen LogP contribution in [0.2, 0.25) is 5.02 Å². The van der Waals surface area contributed by atoms with E-state index in [1.807, 2.05) is 50.2 Å². The number of hydrogen-bond donors (Lipinski definition) is 2. The number of rotatable bonds is 10. The summed E-state index contributed by atoms with van der Waals surface area (Å²) in [5.74, 6) is 0.864. The number of nitrogens with zero attached hydrogens (tertiary/aromatic N) is 3. The molecule has 10 heteroatoms. The van der Waals surface area contributed by atoms with E-state index in [2.05, 4.69) is 27.5 Å². The smallest absolute Gasteiger partial charge is 0.254 e. The SMILES string of the molecule is CCCOc1ccc(C(C)(C)NC(=O)CN2Cc3ccc(-c4nc(NC5CCOCC5)ncc4Cl)cc3C2=O)cc1. The molecule has 3 aromatic rings. The van der Waals surface area contributed by atoms with Crippen molar-refractivity contribution in [3.63, 3.8) is 0 Å². The number of aromatic nitrogens is 2. The topological polar surface area (TPSA) is 106 Å². The lowest BCUT2D eigenvalue weighted by Crippen LogP contribution is -2.46. The molecule has 0 bridgehead atoms. The molecule has 9 nitrogen and oxygen atoms in total. The maximum Gasteiger partial charge on any atom is 0.254 e. The lowest BCUT2D eigenvalue weighted by atomic mass is 9.94. The molecule has 1 saturated heterocycles. The molecule has 5 rings (SSSR count). The molecule has 2 N–H and O–H groups in total. The molecule has 0 atom stereocenters. The van der Waals surface area contributed by atoms with Crippen LogP contribution in [0.4, 0.5) is 5.95 Å². The number of nitrogens with one attached hydrogen (secondary N) is 2. The van der Waals surface area contributed by atoms with Crippen molar-refractivity contribution in [1.29, 1.82) is 0 Å². The Bertz CT molecular complexity index is 1410. The summed E-state index contributed by atoms with van der Waals surface area (Å²) in [5, 5.41) is 6.83. The molecule has 1 fully saturated rings. The summed E-state index contributed by atoms with van der Waals surface area (Å²) in [7, 11) is 0. The lowest BCUT2D eigenvalue weighted by molar-refractivity contribution is -0.123. The predicted molar refractivity (Wildman–Crippen MR) is 158 cm³/mol. The number of hydrogen-bond acceptors (Lipinski definition) is 7. The Hall–Kier alpha value is -3.69. The zero-order chi connectivity index (χ0) is 29.0. The van der Waals surface area contributed by atoms with Gasteiger partial charge in [0.25, 0.3) is 5.91 Å². The zero-order valence-corrected chi connectivity index (χ0v) is 24.5. The van der Waals surface area contributed by atoms with E-state index in [0.29, 0.717) is 48.6 Å². The number of benzene rings is 2. The number of ether oxygens (including phenoxy) is 2. The Morgan fingerprint density at radius 3 is 2.66 bits per heavy atom. The number of amides is 2. The molecule has 2 amide bonds. The van der Waals surface area contributed by atoms with Gasteiger partial charge in [-0.2, -0.15) is 0 Å². The molecule has 2 aliphatic heterocycles. The van der Waals surface area contributed by atoms with Gasteiger partial charge in [-0.05, 0) is 62.4 Å². The van der Waals surface area contributed by atoms with Crippen molar-refractivity contribution < 1.29 is 19.1 Å². The first-order chi connectivity index (χ1) is 19.7. The van der Waals surface area contributed by atoms with Gasteiger partial charge in [-0.25, -0.2) is 9.97 Å². The second kappa shape index (κ2) is 12.4. The van der Waals surface area contributed by atoms with Crippen molar-refractivity contribution in [2.75, 3.05) is 31.7 Å². The van der Waals surface area contributed by atoms with E-state index in [0.717, 1.165) is 41.7 Å². The third-order valence-corrected chi connectivity index (χ3v) is 7.67. The highest BCUT2D eigenvalue weighted by Gasteiger charge is 2.31. The van der Waals surface area contributed by atoms with Gasteiger partial charge in [-0.15, -0.1) is 0 Å². The highest BCUT2D eigenvalue weighted by Crippen LogP contribution is 2.32. The van der Waals surface area contributed by atoms with Gasteiger partial charge in [0.1, 0.15) is 12.3 Å². The minimum absolute atomic E-state index is 0.0442. The van der Waals surface area contributed by atoms with Crippen LogP contribution in [0.25, 0.3) is 11.3 Å². The van der Waals surface area contributed by atoms with Gasteiger partial charge < -0.3 is 25.0 Å². The van der Waals surface area contributed by atoms with Gasteiger partial charge in [-0.1, -0.05) is 42.8 Å². The van der Waals surface area contributed by atoms with Crippen molar-refractivity contribution in [3.8, 4) is 17.0 Å². The maximum atomic E-state index is 13.3. The number of halogens is 1. The average molecular weight is 578 g/mol. The molecule has 0 saturated carbocycles. The quantitative estimate of drug-likeness (QED) is 0.342. The fourth-order valence-electron chi connectivity index (χ4n) is 5.12. The van der Waals surface area contributed by atoms with Gasteiger partial charge in [0.15, 0.2) is 0 Å². The Labute approximate surface area is 245 Å². The van der Waals surface area contributed by atoms with Crippen molar-refractivity contribution in [3.05, 3.63) is 70.4 Å². The van der Waals surface area contributed by atoms with Crippen LogP contribution in [0.15, 0.2) is 48.7 Å². The van der Waals surface area contributed by atoms with Crippen LogP contribution in [0.3, 0.4) is 0 Å². The van der Waals surface area contributed by atoms with E-state index in [1.165, 1.54) is 0 Å².